The van der Waals surface area contributed by atoms with E-state index in [0.717, 1.165) is 0 Å². The molecule has 3 amide bonds. The third-order valence-corrected chi connectivity index (χ3v) is 5.31. The van der Waals surface area contributed by atoms with Gasteiger partial charge in [-0.3, -0.25) is 19.4 Å². The molecule has 0 rings (SSSR count). The Labute approximate surface area is 214 Å². The monoisotopic (exact) mass is 513 g/mol. The van der Waals surface area contributed by atoms with Gasteiger partial charge in [0.2, 0.25) is 17.7 Å². The highest BCUT2D eigenvalue weighted by molar-refractivity contribution is 5.94. The summed E-state index contributed by atoms with van der Waals surface area (Å²) in [5.74, 6) is -2.60. The van der Waals surface area contributed by atoms with Gasteiger partial charge >= 0.3 is 5.97 Å². The third-order valence-electron chi connectivity index (χ3n) is 5.31. The molecule has 4 unspecified atom stereocenters. The number of nitrogens with zero attached hydrogens (tertiary/aromatic N) is 1. The van der Waals surface area contributed by atoms with Crippen molar-refractivity contribution in [3.8, 4) is 0 Å². The van der Waals surface area contributed by atoms with Crippen LogP contribution in [0.15, 0.2) is 4.99 Å². The average Bonchev–Trinajstić information content (AvgIpc) is 2.73. The van der Waals surface area contributed by atoms with Crippen molar-refractivity contribution in [2.45, 2.75) is 97.8 Å². The summed E-state index contributed by atoms with van der Waals surface area (Å²) in [5.41, 5.74) is 16.5. The Morgan fingerprint density at radius 1 is 0.722 bits per heavy atom. The van der Waals surface area contributed by atoms with Crippen molar-refractivity contribution in [2.24, 2.45) is 39.9 Å². The minimum absolute atomic E-state index is 0.0411. The number of amides is 3. The number of hydrogen-bond donors (Lipinski definition) is 7. The van der Waals surface area contributed by atoms with Crippen molar-refractivity contribution in [1.29, 1.82) is 0 Å². The number of rotatable bonds is 17. The molecule has 0 aliphatic rings. The molecular weight excluding hydrogens is 466 g/mol. The summed E-state index contributed by atoms with van der Waals surface area (Å²) < 4.78 is 0. The predicted molar refractivity (Wildman–Crippen MR) is 140 cm³/mol. The van der Waals surface area contributed by atoms with Crippen molar-refractivity contribution in [2.75, 3.05) is 6.54 Å². The van der Waals surface area contributed by atoms with E-state index in [2.05, 4.69) is 20.9 Å². The van der Waals surface area contributed by atoms with Gasteiger partial charge in [-0.2, -0.15) is 0 Å². The number of carbonyl (C=O) groups excluding carboxylic acids is 3. The van der Waals surface area contributed by atoms with Crippen molar-refractivity contribution in [1.82, 2.24) is 16.0 Å². The van der Waals surface area contributed by atoms with Crippen LogP contribution in [0.25, 0.3) is 0 Å². The van der Waals surface area contributed by atoms with Crippen molar-refractivity contribution >= 4 is 29.7 Å². The van der Waals surface area contributed by atoms with Crippen LogP contribution >= 0.6 is 0 Å². The first-order valence-corrected chi connectivity index (χ1v) is 12.6. The molecule has 0 aromatic carbocycles. The highest BCUT2D eigenvalue weighted by Gasteiger charge is 2.31. The molecule has 0 aliphatic carbocycles. The van der Waals surface area contributed by atoms with E-state index in [9.17, 15) is 24.3 Å². The standard InChI is InChI=1S/C24H47N7O5/c1-13(2)10-17(29-20(32)16(25)8-7-9-28-24(26)27)21(33)30-18(11-14(3)4)22(34)31-19(23(35)36)12-15(5)6/h13-19H,7-12,25H2,1-6H3,(H,29,32)(H,30,33)(H,31,34)(H,35,36)(H4,26,27,28). The number of hydrogen-bond acceptors (Lipinski definition) is 6. The fraction of sp³-hybridized carbons (Fsp3) is 0.792. The fourth-order valence-electron chi connectivity index (χ4n) is 3.57. The minimum atomic E-state index is -1.13. The van der Waals surface area contributed by atoms with Gasteiger partial charge in [0.1, 0.15) is 18.1 Å². The quantitative estimate of drug-likeness (QED) is 0.0798. The first-order chi connectivity index (χ1) is 16.6. The summed E-state index contributed by atoms with van der Waals surface area (Å²) in [7, 11) is 0. The van der Waals surface area contributed by atoms with Gasteiger partial charge in [-0.1, -0.05) is 41.5 Å². The molecule has 12 heteroatoms. The second-order valence-corrected chi connectivity index (χ2v) is 10.5. The summed E-state index contributed by atoms with van der Waals surface area (Å²) in [6.07, 6.45) is 1.71. The van der Waals surface area contributed by atoms with Gasteiger partial charge in [-0.25, -0.2) is 4.79 Å². The molecule has 0 saturated carbocycles. The Hall–Kier alpha value is -2.89. The van der Waals surface area contributed by atoms with Gasteiger partial charge in [0, 0.05) is 6.54 Å². The van der Waals surface area contributed by atoms with Crippen LogP contribution in [-0.4, -0.2) is 65.5 Å². The van der Waals surface area contributed by atoms with Crippen LogP contribution in [0.4, 0.5) is 0 Å². The molecule has 0 saturated heterocycles. The molecule has 208 valence electrons. The van der Waals surface area contributed by atoms with E-state index >= 15 is 0 Å². The van der Waals surface area contributed by atoms with Crippen LogP contribution in [-0.2, 0) is 19.2 Å². The Morgan fingerprint density at radius 2 is 1.11 bits per heavy atom. The zero-order valence-corrected chi connectivity index (χ0v) is 22.5. The van der Waals surface area contributed by atoms with Crippen molar-refractivity contribution in [3.63, 3.8) is 0 Å². The summed E-state index contributed by atoms with van der Waals surface area (Å²) in [4.78, 5) is 54.2. The molecule has 0 aromatic heterocycles. The minimum Gasteiger partial charge on any atom is -0.480 e. The predicted octanol–water partition coefficient (Wildman–Crippen LogP) is 0.0446. The van der Waals surface area contributed by atoms with Gasteiger partial charge in [0.15, 0.2) is 5.96 Å². The maximum Gasteiger partial charge on any atom is 0.326 e. The van der Waals surface area contributed by atoms with Gasteiger partial charge < -0.3 is 38.3 Å². The fourth-order valence-corrected chi connectivity index (χ4v) is 3.57. The number of nitrogens with one attached hydrogen (secondary N) is 3. The summed E-state index contributed by atoms with van der Waals surface area (Å²) >= 11 is 0. The number of nitrogens with two attached hydrogens (primary N) is 3. The zero-order valence-electron chi connectivity index (χ0n) is 22.5. The highest BCUT2D eigenvalue weighted by Crippen LogP contribution is 2.11. The second kappa shape index (κ2) is 16.7. The molecule has 12 nitrogen and oxygen atoms in total. The Morgan fingerprint density at radius 3 is 1.50 bits per heavy atom. The van der Waals surface area contributed by atoms with E-state index in [1.165, 1.54) is 0 Å². The van der Waals surface area contributed by atoms with Crippen LogP contribution in [0.5, 0.6) is 0 Å². The lowest BCUT2D eigenvalue weighted by Gasteiger charge is -2.27. The summed E-state index contributed by atoms with van der Waals surface area (Å²) in [5, 5.41) is 17.4. The van der Waals surface area contributed by atoms with Gasteiger partial charge in [0.05, 0.1) is 6.04 Å². The zero-order chi connectivity index (χ0) is 28.0. The molecule has 4 atom stereocenters. The average molecular weight is 514 g/mol. The lowest BCUT2D eigenvalue weighted by Crippen LogP contribution is -2.57. The smallest absolute Gasteiger partial charge is 0.326 e. The van der Waals surface area contributed by atoms with E-state index < -0.39 is 47.9 Å². The van der Waals surface area contributed by atoms with Crippen LogP contribution in [0.2, 0.25) is 0 Å². The SMILES string of the molecule is CC(C)CC(NC(=O)C(CC(C)C)NC(=O)C(CC(C)C)NC(=O)C(N)CCCN=C(N)N)C(=O)O. The van der Waals surface area contributed by atoms with Gasteiger partial charge in [-0.05, 0) is 49.9 Å². The maximum atomic E-state index is 13.2. The van der Waals surface area contributed by atoms with Crippen LogP contribution < -0.4 is 33.2 Å². The first kappa shape index (κ1) is 33.1. The Kier molecular flexibility index (Phi) is 15.4. The lowest BCUT2D eigenvalue weighted by atomic mass is 9.98. The van der Waals surface area contributed by atoms with Crippen LogP contribution in [0, 0.1) is 17.8 Å². The molecule has 10 N–H and O–H groups in total. The number of aliphatic carboxylic acids is 1. The molecule has 0 radical (unpaired) electrons. The number of carbonyl (C=O) groups is 4. The third kappa shape index (κ3) is 14.5. The molecular formula is C24H47N7O5. The van der Waals surface area contributed by atoms with E-state index in [1.54, 1.807) is 0 Å². The van der Waals surface area contributed by atoms with Crippen LogP contribution in [0.1, 0.15) is 73.6 Å². The summed E-state index contributed by atoms with van der Waals surface area (Å²) in [6, 6.07) is -3.78. The number of carboxylic acid groups (broad SMARTS) is 1. The normalized spacial score (nSPS) is 14.6. The van der Waals surface area contributed by atoms with Crippen LogP contribution in [0.3, 0.4) is 0 Å². The topological polar surface area (TPSA) is 215 Å². The van der Waals surface area contributed by atoms with E-state index in [-0.39, 0.29) is 30.1 Å². The molecule has 0 aliphatic heterocycles. The molecule has 0 fully saturated rings. The van der Waals surface area contributed by atoms with Crippen molar-refractivity contribution < 1.29 is 24.3 Å². The van der Waals surface area contributed by atoms with Gasteiger partial charge in [-0.15, -0.1) is 0 Å². The highest BCUT2D eigenvalue weighted by atomic mass is 16.4. The van der Waals surface area contributed by atoms with Crippen molar-refractivity contribution in [3.05, 3.63) is 0 Å². The number of aliphatic imine (C=N–C) groups is 1. The van der Waals surface area contributed by atoms with E-state index in [0.29, 0.717) is 32.2 Å². The molecule has 36 heavy (non-hydrogen) atoms. The second-order valence-electron chi connectivity index (χ2n) is 10.5. The number of carboxylic acids is 1. The first-order valence-electron chi connectivity index (χ1n) is 12.6. The molecule has 0 bridgehead atoms. The van der Waals surface area contributed by atoms with E-state index in [4.69, 9.17) is 17.2 Å². The number of guanidine groups is 1. The molecule has 0 spiro atoms. The van der Waals surface area contributed by atoms with E-state index in [1.807, 2.05) is 41.5 Å². The molecule has 0 aromatic rings. The van der Waals surface area contributed by atoms with Gasteiger partial charge in [0.25, 0.3) is 0 Å². The molecule has 0 heterocycles. The Bertz CT molecular complexity index is 751. The Balaban J connectivity index is 5.41. The largest absolute Gasteiger partial charge is 0.480 e. The summed E-state index contributed by atoms with van der Waals surface area (Å²) in [6.45, 7) is 11.7. The maximum absolute atomic E-state index is 13.2. The lowest BCUT2D eigenvalue weighted by molar-refractivity contribution is -0.143.